The molecule has 0 spiro atoms. The van der Waals surface area contributed by atoms with Crippen molar-refractivity contribution in [2.75, 3.05) is 0 Å². The van der Waals surface area contributed by atoms with Gasteiger partial charge in [0.15, 0.2) is 5.78 Å². The lowest BCUT2D eigenvalue weighted by Crippen LogP contribution is -2.54. The molecule has 2 saturated carbocycles. The summed E-state index contributed by atoms with van der Waals surface area (Å²) < 4.78 is 0. The molecule has 0 heterocycles. The van der Waals surface area contributed by atoms with E-state index in [0.717, 1.165) is 19.3 Å². The summed E-state index contributed by atoms with van der Waals surface area (Å²) in [5.41, 5.74) is -0.749. The van der Waals surface area contributed by atoms with Crippen molar-refractivity contribution in [1.82, 2.24) is 5.32 Å². The van der Waals surface area contributed by atoms with Crippen LogP contribution in [0.25, 0.3) is 0 Å². The summed E-state index contributed by atoms with van der Waals surface area (Å²) in [6.45, 7) is 5.85. The van der Waals surface area contributed by atoms with E-state index in [4.69, 9.17) is 0 Å². The predicted octanol–water partition coefficient (Wildman–Crippen LogP) is 1.66. The molecule has 0 aliphatic heterocycles. The molecule has 2 bridgehead atoms. The summed E-state index contributed by atoms with van der Waals surface area (Å²) in [6.07, 6.45) is 3.22. The van der Waals surface area contributed by atoms with Crippen LogP contribution in [0.2, 0.25) is 0 Å². The number of carbonyl (C=O) groups is 2. The highest BCUT2D eigenvalue weighted by Crippen LogP contribution is 2.55. The molecule has 2 aliphatic carbocycles. The molecular formula is C12H19NO2. The Morgan fingerprint density at radius 2 is 2.20 bits per heavy atom. The van der Waals surface area contributed by atoms with Gasteiger partial charge in [0.05, 0.1) is 5.54 Å². The van der Waals surface area contributed by atoms with Crippen LogP contribution in [-0.4, -0.2) is 17.2 Å². The second kappa shape index (κ2) is 3.06. The molecule has 84 valence electrons. The molecule has 2 fully saturated rings. The highest BCUT2D eigenvalue weighted by Gasteiger charge is 2.61. The number of ketones is 1. The molecule has 1 N–H and O–H groups in total. The van der Waals surface area contributed by atoms with Gasteiger partial charge in [0, 0.05) is 11.8 Å². The largest absolute Gasteiger partial charge is 0.344 e. The van der Waals surface area contributed by atoms with E-state index in [-0.39, 0.29) is 17.1 Å². The molecule has 2 rings (SSSR count). The monoisotopic (exact) mass is 209 g/mol. The highest BCUT2D eigenvalue weighted by atomic mass is 16.2. The lowest BCUT2D eigenvalue weighted by molar-refractivity contribution is -0.136. The second-order valence-electron chi connectivity index (χ2n) is 5.47. The zero-order valence-corrected chi connectivity index (χ0v) is 9.72. The minimum atomic E-state index is -0.513. The van der Waals surface area contributed by atoms with Crippen molar-refractivity contribution in [3.05, 3.63) is 0 Å². The topological polar surface area (TPSA) is 46.2 Å². The Morgan fingerprint density at radius 3 is 2.67 bits per heavy atom. The molecule has 0 aromatic heterocycles. The van der Waals surface area contributed by atoms with Gasteiger partial charge in [-0.25, -0.2) is 0 Å². The van der Waals surface area contributed by atoms with Gasteiger partial charge < -0.3 is 5.32 Å². The first-order valence-electron chi connectivity index (χ1n) is 5.78. The van der Waals surface area contributed by atoms with E-state index < -0.39 is 5.54 Å². The molecule has 0 radical (unpaired) electrons. The quantitative estimate of drug-likeness (QED) is 0.751. The van der Waals surface area contributed by atoms with E-state index in [1.54, 1.807) is 0 Å². The van der Waals surface area contributed by atoms with Crippen LogP contribution in [-0.2, 0) is 9.59 Å². The Kier molecular flexibility index (Phi) is 2.18. The number of rotatable bonds is 2. The summed E-state index contributed by atoms with van der Waals surface area (Å²) in [4.78, 5) is 23.7. The Balaban J connectivity index is 2.23. The van der Waals surface area contributed by atoms with Crippen molar-refractivity contribution in [3.63, 3.8) is 0 Å². The maximum absolute atomic E-state index is 12.2. The van der Waals surface area contributed by atoms with Gasteiger partial charge in [-0.3, -0.25) is 9.59 Å². The van der Waals surface area contributed by atoms with Crippen molar-refractivity contribution in [1.29, 1.82) is 0 Å². The van der Waals surface area contributed by atoms with Crippen LogP contribution < -0.4 is 5.32 Å². The maximum atomic E-state index is 12.2. The molecule has 0 unspecified atom stereocenters. The molecule has 0 saturated heterocycles. The number of amides is 1. The van der Waals surface area contributed by atoms with Crippen molar-refractivity contribution in [3.8, 4) is 0 Å². The minimum absolute atomic E-state index is 0.00157. The second-order valence-corrected chi connectivity index (χ2v) is 5.47. The predicted molar refractivity (Wildman–Crippen MR) is 57.3 cm³/mol. The molecule has 2 atom stereocenters. The van der Waals surface area contributed by atoms with Crippen LogP contribution in [0.5, 0.6) is 0 Å². The Morgan fingerprint density at radius 1 is 1.53 bits per heavy atom. The van der Waals surface area contributed by atoms with E-state index in [2.05, 4.69) is 5.32 Å². The van der Waals surface area contributed by atoms with E-state index in [1.165, 1.54) is 0 Å². The molecule has 1 amide bonds. The fraction of sp³-hybridized carbons (Fsp3) is 0.833. The van der Waals surface area contributed by atoms with Crippen LogP contribution in [0.3, 0.4) is 0 Å². The Labute approximate surface area is 90.6 Å². The molecule has 0 aromatic rings. The molecule has 0 aromatic carbocycles. The van der Waals surface area contributed by atoms with Gasteiger partial charge in [-0.2, -0.15) is 0 Å². The first-order valence-corrected chi connectivity index (χ1v) is 5.78. The SMILES string of the molecule is CCC(=O)N[C@]12CC[C@H](C1)C(C)(C)C2=O. The summed E-state index contributed by atoms with van der Waals surface area (Å²) in [5.74, 6) is 0.705. The molecule has 2 aliphatic rings. The minimum Gasteiger partial charge on any atom is -0.344 e. The fourth-order valence-corrected chi connectivity index (χ4v) is 3.20. The van der Waals surface area contributed by atoms with E-state index in [0.29, 0.717) is 12.3 Å². The van der Waals surface area contributed by atoms with Crippen molar-refractivity contribution in [2.24, 2.45) is 11.3 Å². The zero-order valence-electron chi connectivity index (χ0n) is 9.72. The Bertz CT molecular complexity index is 322. The zero-order chi connectivity index (χ0) is 11.3. The van der Waals surface area contributed by atoms with Crippen LogP contribution in [0.4, 0.5) is 0 Å². The summed E-state index contributed by atoms with van der Waals surface area (Å²) in [7, 11) is 0. The van der Waals surface area contributed by atoms with Crippen molar-refractivity contribution >= 4 is 11.7 Å². The first-order chi connectivity index (χ1) is 6.92. The van der Waals surface area contributed by atoms with Crippen LogP contribution in [0, 0.1) is 11.3 Å². The van der Waals surface area contributed by atoms with Gasteiger partial charge in [-0.05, 0) is 25.2 Å². The average molecular weight is 209 g/mol. The third-order valence-corrected chi connectivity index (χ3v) is 4.25. The van der Waals surface area contributed by atoms with E-state index in [1.807, 2.05) is 20.8 Å². The van der Waals surface area contributed by atoms with Crippen LogP contribution >= 0.6 is 0 Å². The maximum Gasteiger partial charge on any atom is 0.220 e. The number of fused-ring (bicyclic) bond motifs is 2. The van der Waals surface area contributed by atoms with Crippen molar-refractivity contribution in [2.45, 2.75) is 52.0 Å². The number of carbonyl (C=O) groups excluding carboxylic acids is 2. The summed E-state index contributed by atoms with van der Waals surface area (Å²) in [6, 6.07) is 0. The van der Waals surface area contributed by atoms with E-state index in [9.17, 15) is 9.59 Å². The lowest BCUT2D eigenvalue weighted by atomic mass is 9.74. The summed E-state index contributed by atoms with van der Waals surface area (Å²) >= 11 is 0. The molecule has 15 heavy (non-hydrogen) atoms. The highest BCUT2D eigenvalue weighted by molar-refractivity contribution is 5.99. The number of hydrogen-bond donors (Lipinski definition) is 1. The third-order valence-electron chi connectivity index (χ3n) is 4.25. The molecule has 3 nitrogen and oxygen atoms in total. The fourth-order valence-electron chi connectivity index (χ4n) is 3.20. The average Bonchev–Trinajstić information content (AvgIpc) is 2.67. The van der Waals surface area contributed by atoms with Gasteiger partial charge in [0.1, 0.15) is 0 Å². The number of nitrogens with one attached hydrogen (secondary N) is 1. The van der Waals surface area contributed by atoms with Gasteiger partial charge in [0.2, 0.25) is 5.91 Å². The first kappa shape index (κ1) is 10.7. The third kappa shape index (κ3) is 1.32. The smallest absolute Gasteiger partial charge is 0.220 e. The van der Waals surface area contributed by atoms with Gasteiger partial charge in [-0.15, -0.1) is 0 Å². The standard InChI is InChI=1S/C12H19NO2/c1-4-9(14)13-12-6-5-8(7-12)11(2,3)10(12)15/h8H,4-7H2,1-3H3,(H,13,14)/t8-,12-/m1/s1. The van der Waals surface area contributed by atoms with Gasteiger partial charge in [0.25, 0.3) is 0 Å². The number of Topliss-reactive ketones (excluding diaryl/α,β-unsaturated/α-hetero) is 1. The normalized spacial score (nSPS) is 37.0. The van der Waals surface area contributed by atoms with Crippen LogP contribution in [0.1, 0.15) is 46.5 Å². The van der Waals surface area contributed by atoms with Crippen LogP contribution in [0.15, 0.2) is 0 Å². The molecular weight excluding hydrogens is 190 g/mol. The van der Waals surface area contributed by atoms with Crippen molar-refractivity contribution < 1.29 is 9.59 Å². The Hall–Kier alpha value is -0.860. The summed E-state index contributed by atoms with van der Waals surface area (Å²) in [5, 5.41) is 2.95. The van der Waals surface area contributed by atoms with Gasteiger partial charge >= 0.3 is 0 Å². The molecule has 3 heteroatoms. The van der Waals surface area contributed by atoms with Gasteiger partial charge in [-0.1, -0.05) is 20.8 Å². The van der Waals surface area contributed by atoms with E-state index >= 15 is 0 Å². The number of hydrogen-bond acceptors (Lipinski definition) is 2. The lowest BCUT2D eigenvalue weighted by Gasteiger charge is -2.33.